The van der Waals surface area contributed by atoms with Gasteiger partial charge in [-0.25, -0.2) is 8.78 Å². The maximum Gasteiger partial charge on any atom is 0.260 e. The molecule has 2 rings (SSSR count). The van der Waals surface area contributed by atoms with Crippen molar-refractivity contribution < 1.29 is 13.6 Å². The van der Waals surface area contributed by atoms with Crippen LogP contribution in [0.25, 0.3) is 0 Å². The highest BCUT2D eigenvalue weighted by atomic mass is 32.2. The van der Waals surface area contributed by atoms with Crippen LogP contribution in [0.15, 0.2) is 23.2 Å². The molecule has 0 radical (unpaired) electrons. The fourth-order valence-electron chi connectivity index (χ4n) is 1.25. The first-order valence-electron chi connectivity index (χ1n) is 4.60. The molecule has 0 unspecified atom stereocenters. The van der Waals surface area contributed by atoms with Crippen molar-refractivity contribution in [3.05, 3.63) is 35.4 Å². The van der Waals surface area contributed by atoms with E-state index in [0.29, 0.717) is 11.7 Å². The van der Waals surface area contributed by atoms with E-state index in [9.17, 15) is 13.6 Å². The van der Waals surface area contributed by atoms with E-state index < -0.39 is 17.5 Å². The van der Waals surface area contributed by atoms with Crippen molar-refractivity contribution in [3.63, 3.8) is 0 Å². The molecular weight excluding hydrogens is 234 g/mol. The summed E-state index contributed by atoms with van der Waals surface area (Å²) in [6, 6.07) is 2.76. The third-order valence-electron chi connectivity index (χ3n) is 1.98. The van der Waals surface area contributed by atoms with Gasteiger partial charge in [0.2, 0.25) is 0 Å². The Kier molecular flexibility index (Phi) is 3.19. The molecule has 0 aromatic heterocycles. The molecule has 6 heteroatoms. The predicted molar refractivity (Wildman–Crippen MR) is 58.6 cm³/mol. The first-order chi connectivity index (χ1) is 7.66. The average Bonchev–Trinajstić information content (AvgIpc) is 2.74. The second kappa shape index (κ2) is 4.61. The van der Waals surface area contributed by atoms with Gasteiger partial charge in [-0.3, -0.25) is 9.79 Å². The summed E-state index contributed by atoms with van der Waals surface area (Å²) in [7, 11) is 0. The molecule has 1 aromatic rings. The van der Waals surface area contributed by atoms with Gasteiger partial charge in [-0.1, -0.05) is 11.8 Å². The Bertz CT molecular complexity index is 462. The molecular formula is C10H8F2N2OS. The number of halogens is 2. The zero-order valence-corrected chi connectivity index (χ0v) is 8.98. The number of nitrogens with zero attached hydrogens (tertiary/aromatic N) is 1. The van der Waals surface area contributed by atoms with Gasteiger partial charge in [0.1, 0.15) is 11.6 Å². The Labute approximate surface area is 94.9 Å². The number of aliphatic imine (C=N–C) groups is 1. The number of hydrogen-bond donors (Lipinski definition) is 1. The van der Waals surface area contributed by atoms with Gasteiger partial charge in [0.05, 0.1) is 12.1 Å². The smallest absolute Gasteiger partial charge is 0.260 e. The summed E-state index contributed by atoms with van der Waals surface area (Å²) >= 11 is 1.38. The molecule has 0 fully saturated rings. The summed E-state index contributed by atoms with van der Waals surface area (Å²) in [5.41, 5.74) is -0.310. The molecule has 16 heavy (non-hydrogen) atoms. The molecule has 0 saturated heterocycles. The molecule has 1 aromatic carbocycles. The second-order valence-electron chi connectivity index (χ2n) is 3.11. The standard InChI is InChI=1S/C10H8F2N2OS/c11-6-1-2-8(12)7(5-6)9(15)14-10-13-3-4-16-10/h1-2,5H,3-4H2,(H,13,14,15). The lowest BCUT2D eigenvalue weighted by Crippen LogP contribution is -2.28. The monoisotopic (exact) mass is 242 g/mol. The third kappa shape index (κ3) is 2.38. The maximum absolute atomic E-state index is 13.2. The van der Waals surface area contributed by atoms with E-state index in [-0.39, 0.29) is 5.56 Å². The number of amides is 1. The van der Waals surface area contributed by atoms with Crippen molar-refractivity contribution in [1.29, 1.82) is 0 Å². The lowest BCUT2D eigenvalue weighted by Gasteiger charge is -2.04. The Morgan fingerprint density at radius 3 is 2.94 bits per heavy atom. The van der Waals surface area contributed by atoms with Crippen molar-refractivity contribution >= 4 is 22.8 Å². The fourth-order valence-corrected chi connectivity index (χ4v) is 1.97. The Balaban J connectivity index is 2.16. The molecule has 1 aliphatic heterocycles. The molecule has 0 bridgehead atoms. The number of hydrogen-bond acceptors (Lipinski definition) is 3. The number of nitrogens with one attached hydrogen (secondary N) is 1. The van der Waals surface area contributed by atoms with Crippen molar-refractivity contribution in [2.75, 3.05) is 12.3 Å². The van der Waals surface area contributed by atoms with Crippen molar-refractivity contribution in [2.45, 2.75) is 0 Å². The minimum Gasteiger partial charge on any atom is -0.301 e. The van der Waals surface area contributed by atoms with Gasteiger partial charge in [0, 0.05) is 5.75 Å². The topological polar surface area (TPSA) is 41.5 Å². The summed E-state index contributed by atoms with van der Waals surface area (Å²) < 4.78 is 26.1. The highest BCUT2D eigenvalue weighted by Gasteiger charge is 2.16. The van der Waals surface area contributed by atoms with Crippen LogP contribution in [0.4, 0.5) is 8.78 Å². The van der Waals surface area contributed by atoms with Gasteiger partial charge in [-0.2, -0.15) is 0 Å². The zero-order valence-electron chi connectivity index (χ0n) is 8.17. The normalized spacial score (nSPS) is 14.8. The molecule has 0 spiro atoms. The number of amidine groups is 1. The number of rotatable bonds is 1. The molecule has 1 heterocycles. The maximum atomic E-state index is 13.2. The predicted octanol–water partition coefficient (Wildman–Crippen LogP) is 1.80. The molecule has 1 N–H and O–H groups in total. The number of carbonyl (C=O) groups is 1. The van der Waals surface area contributed by atoms with E-state index in [0.717, 1.165) is 24.0 Å². The van der Waals surface area contributed by atoms with Gasteiger partial charge in [-0.15, -0.1) is 0 Å². The van der Waals surface area contributed by atoms with Crippen LogP contribution in [-0.2, 0) is 0 Å². The van der Waals surface area contributed by atoms with Crippen LogP contribution in [0.3, 0.4) is 0 Å². The lowest BCUT2D eigenvalue weighted by atomic mass is 10.2. The quantitative estimate of drug-likeness (QED) is 0.815. The lowest BCUT2D eigenvalue weighted by molar-refractivity contribution is 0.0973. The van der Waals surface area contributed by atoms with Crippen LogP contribution in [0.1, 0.15) is 10.4 Å². The summed E-state index contributed by atoms with van der Waals surface area (Å²) in [6.07, 6.45) is 0. The highest BCUT2D eigenvalue weighted by molar-refractivity contribution is 8.14. The van der Waals surface area contributed by atoms with E-state index in [2.05, 4.69) is 10.3 Å². The van der Waals surface area contributed by atoms with Crippen LogP contribution in [-0.4, -0.2) is 23.4 Å². The Hall–Kier alpha value is -1.43. The summed E-state index contributed by atoms with van der Waals surface area (Å²) in [5, 5.41) is 2.88. The Morgan fingerprint density at radius 2 is 2.25 bits per heavy atom. The summed E-state index contributed by atoms with van der Waals surface area (Å²) in [5.74, 6) is -1.28. The van der Waals surface area contributed by atoms with Crippen molar-refractivity contribution in [1.82, 2.24) is 5.32 Å². The van der Waals surface area contributed by atoms with Gasteiger partial charge < -0.3 is 5.32 Å². The number of carbonyl (C=O) groups excluding carboxylic acids is 1. The SMILES string of the molecule is O=C(NC1=NCCS1)c1cc(F)ccc1F. The van der Waals surface area contributed by atoms with E-state index >= 15 is 0 Å². The van der Waals surface area contributed by atoms with Gasteiger partial charge in [0.15, 0.2) is 5.17 Å². The van der Waals surface area contributed by atoms with E-state index in [1.807, 2.05) is 0 Å². The van der Waals surface area contributed by atoms with Crippen LogP contribution >= 0.6 is 11.8 Å². The van der Waals surface area contributed by atoms with E-state index in [4.69, 9.17) is 0 Å². The molecule has 0 saturated carbocycles. The largest absolute Gasteiger partial charge is 0.301 e. The van der Waals surface area contributed by atoms with E-state index in [1.54, 1.807) is 0 Å². The van der Waals surface area contributed by atoms with E-state index in [1.165, 1.54) is 11.8 Å². The first kappa shape index (κ1) is 11.1. The highest BCUT2D eigenvalue weighted by Crippen LogP contribution is 2.12. The third-order valence-corrected chi connectivity index (χ3v) is 2.87. The molecule has 1 aliphatic rings. The summed E-state index contributed by atoms with van der Waals surface area (Å²) in [4.78, 5) is 15.5. The second-order valence-corrected chi connectivity index (χ2v) is 4.20. The Morgan fingerprint density at radius 1 is 1.44 bits per heavy atom. The van der Waals surface area contributed by atoms with Crippen molar-refractivity contribution in [3.8, 4) is 0 Å². The zero-order chi connectivity index (χ0) is 11.5. The molecule has 1 amide bonds. The van der Waals surface area contributed by atoms with Gasteiger partial charge in [0.25, 0.3) is 5.91 Å². The van der Waals surface area contributed by atoms with Gasteiger partial charge >= 0.3 is 0 Å². The first-order valence-corrected chi connectivity index (χ1v) is 5.59. The van der Waals surface area contributed by atoms with Crippen LogP contribution in [0, 0.1) is 11.6 Å². The molecule has 0 atom stereocenters. The van der Waals surface area contributed by atoms with Gasteiger partial charge in [-0.05, 0) is 18.2 Å². The van der Waals surface area contributed by atoms with Crippen LogP contribution < -0.4 is 5.32 Å². The number of benzene rings is 1. The molecule has 3 nitrogen and oxygen atoms in total. The fraction of sp³-hybridized carbons (Fsp3) is 0.200. The van der Waals surface area contributed by atoms with Crippen LogP contribution in [0.5, 0.6) is 0 Å². The van der Waals surface area contributed by atoms with Crippen LogP contribution in [0.2, 0.25) is 0 Å². The number of thioether (sulfide) groups is 1. The average molecular weight is 242 g/mol. The molecule has 0 aliphatic carbocycles. The minimum atomic E-state index is -0.748. The summed E-state index contributed by atoms with van der Waals surface area (Å²) in [6.45, 7) is 0.631. The molecule has 84 valence electrons. The minimum absolute atomic E-state index is 0.310. The van der Waals surface area contributed by atoms with Crippen molar-refractivity contribution in [2.24, 2.45) is 4.99 Å².